The lowest BCUT2D eigenvalue weighted by molar-refractivity contribution is 0.248. The molecule has 1 unspecified atom stereocenters. The van der Waals surface area contributed by atoms with Gasteiger partial charge in [0, 0.05) is 10.7 Å². The van der Waals surface area contributed by atoms with Crippen molar-refractivity contribution in [3.05, 3.63) is 22.8 Å². The summed E-state index contributed by atoms with van der Waals surface area (Å²) in [4.78, 5) is 0.170. The van der Waals surface area contributed by atoms with Gasteiger partial charge < -0.3 is 4.74 Å². The average molecular weight is 319 g/mol. The van der Waals surface area contributed by atoms with E-state index in [2.05, 4.69) is 13.8 Å². The van der Waals surface area contributed by atoms with Crippen LogP contribution in [0.25, 0.3) is 0 Å². The first-order chi connectivity index (χ1) is 9.18. The first-order valence-corrected chi connectivity index (χ1v) is 9.17. The fourth-order valence-electron chi connectivity index (χ4n) is 2.30. The fourth-order valence-corrected chi connectivity index (χ4v) is 3.62. The Bertz CT molecular complexity index is 579. The third-order valence-electron chi connectivity index (χ3n) is 3.53. The van der Waals surface area contributed by atoms with Crippen molar-refractivity contribution in [1.82, 2.24) is 0 Å². The number of halogens is 1. The van der Waals surface area contributed by atoms with Crippen LogP contribution in [0, 0.1) is 26.7 Å². The summed E-state index contributed by atoms with van der Waals surface area (Å²) in [6, 6.07) is 1.59. The second-order valence-corrected chi connectivity index (χ2v) is 7.95. The summed E-state index contributed by atoms with van der Waals surface area (Å²) < 4.78 is 29.0. The molecule has 114 valence electrons. The molecule has 0 aliphatic heterocycles. The number of ether oxygens (including phenoxy) is 1. The lowest BCUT2D eigenvalue weighted by atomic mass is 10.0. The van der Waals surface area contributed by atoms with E-state index in [1.54, 1.807) is 13.0 Å². The van der Waals surface area contributed by atoms with Crippen molar-refractivity contribution in [2.75, 3.05) is 6.61 Å². The number of rotatable bonds is 6. The summed E-state index contributed by atoms with van der Waals surface area (Å²) in [7, 11) is 1.74. The average Bonchev–Trinajstić information content (AvgIpc) is 2.32. The van der Waals surface area contributed by atoms with Crippen molar-refractivity contribution in [2.24, 2.45) is 5.92 Å². The Balaban J connectivity index is 3.09. The molecule has 20 heavy (non-hydrogen) atoms. The molecule has 0 aromatic heterocycles. The van der Waals surface area contributed by atoms with Crippen molar-refractivity contribution >= 4 is 19.7 Å². The third kappa shape index (κ3) is 4.13. The Labute approximate surface area is 126 Å². The number of hydrogen-bond donors (Lipinski definition) is 0. The second-order valence-electron chi connectivity index (χ2n) is 5.41. The van der Waals surface area contributed by atoms with Gasteiger partial charge in [-0.2, -0.15) is 0 Å². The van der Waals surface area contributed by atoms with E-state index in [1.165, 1.54) is 0 Å². The smallest absolute Gasteiger partial charge is 0.261 e. The number of aryl methyl sites for hydroxylation is 1. The van der Waals surface area contributed by atoms with E-state index >= 15 is 0 Å². The molecule has 3 nitrogen and oxygen atoms in total. The summed E-state index contributed by atoms with van der Waals surface area (Å²) in [6.07, 6.45) is 2.25. The predicted octanol–water partition coefficient (Wildman–Crippen LogP) is 4.35. The normalized spacial score (nSPS) is 13.3. The van der Waals surface area contributed by atoms with E-state index in [0.717, 1.165) is 29.7 Å². The molecular weight excluding hydrogens is 296 g/mol. The van der Waals surface area contributed by atoms with Crippen LogP contribution >= 0.6 is 10.7 Å². The Morgan fingerprint density at radius 3 is 2.35 bits per heavy atom. The van der Waals surface area contributed by atoms with E-state index in [0.29, 0.717) is 18.1 Å². The Morgan fingerprint density at radius 1 is 1.25 bits per heavy atom. The number of hydrogen-bond acceptors (Lipinski definition) is 3. The van der Waals surface area contributed by atoms with E-state index in [4.69, 9.17) is 15.4 Å². The molecule has 0 aliphatic carbocycles. The third-order valence-corrected chi connectivity index (χ3v) is 4.98. The summed E-state index contributed by atoms with van der Waals surface area (Å²) in [6.45, 7) is 10.4. The van der Waals surface area contributed by atoms with Crippen LogP contribution in [-0.4, -0.2) is 15.0 Å². The molecule has 1 aromatic rings. The van der Waals surface area contributed by atoms with Gasteiger partial charge in [-0.05, 0) is 55.9 Å². The van der Waals surface area contributed by atoms with Crippen LogP contribution in [0.15, 0.2) is 11.0 Å². The first-order valence-electron chi connectivity index (χ1n) is 6.86. The molecule has 0 spiro atoms. The molecule has 1 aromatic carbocycles. The van der Waals surface area contributed by atoms with Gasteiger partial charge in [0.05, 0.1) is 11.5 Å². The van der Waals surface area contributed by atoms with Gasteiger partial charge >= 0.3 is 0 Å². The molecule has 0 bridgehead atoms. The highest BCUT2D eigenvalue weighted by Crippen LogP contribution is 2.33. The van der Waals surface area contributed by atoms with E-state index < -0.39 is 9.05 Å². The summed E-state index contributed by atoms with van der Waals surface area (Å²) >= 11 is 0. The van der Waals surface area contributed by atoms with Crippen LogP contribution in [0.5, 0.6) is 5.75 Å². The van der Waals surface area contributed by atoms with Crippen LogP contribution < -0.4 is 4.74 Å². The highest BCUT2D eigenvalue weighted by molar-refractivity contribution is 8.13. The van der Waals surface area contributed by atoms with E-state index in [-0.39, 0.29) is 4.90 Å². The van der Waals surface area contributed by atoms with Crippen molar-refractivity contribution < 1.29 is 13.2 Å². The second kappa shape index (κ2) is 6.81. The van der Waals surface area contributed by atoms with E-state index in [1.807, 2.05) is 13.8 Å². The molecule has 0 fully saturated rings. The summed E-state index contributed by atoms with van der Waals surface area (Å²) in [5, 5.41) is 0. The molecule has 0 radical (unpaired) electrons. The molecule has 1 rings (SSSR count). The SMILES string of the molecule is CCCC(C)COc1c(C)cc(S(=O)(=O)Cl)c(C)c1C. The zero-order chi connectivity index (χ0) is 15.5. The van der Waals surface area contributed by atoms with E-state index in [9.17, 15) is 8.42 Å². The van der Waals surface area contributed by atoms with Gasteiger partial charge in [-0.1, -0.05) is 20.3 Å². The predicted molar refractivity (Wildman–Crippen MR) is 83.3 cm³/mol. The van der Waals surface area contributed by atoms with Crippen LogP contribution in [-0.2, 0) is 9.05 Å². The summed E-state index contributed by atoms with van der Waals surface area (Å²) in [5.41, 5.74) is 2.30. The van der Waals surface area contributed by atoms with Crippen LogP contribution in [0.3, 0.4) is 0 Å². The molecule has 1 atom stereocenters. The fraction of sp³-hybridized carbons (Fsp3) is 0.600. The molecule has 0 saturated heterocycles. The maximum absolute atomic E-state index is 11.5. The zero-order valence-corrected chi connectivity index (χ0v) is 14.4. The van der Waals surface area contributed by atoms with Gasteiger partial charge in [0.1, 0.15) is 5.75 Å². The highest BCUT2D eigenvalue weighted by atomic mass is 35.7. The maximum Gasteiger partial charge on any atom is 0.261 e. The van der Waals surface area contributed by atoms with Crippen molar-refractivity contribution in [2.45, 2.75) is 52.4 Å². The van der Waals surface area contributed by atoms with Gasteiger partial charge in [0.2, 0.25) is 0 Å². The van der Waals surface area contributed by atoms with Gasteiger partial charge in [-0.15, -0.1) is 0 Å². The lowest BCUT2D eigenvalue weighted by Crippen LogP contribution is -2.11. The largest absolute Gasteiger partial charge is 0.493 e. The van der Waals surface area contributed by atoms with Gasteiger partial charge in [0.25, 0.3) is 9.05 Å². The minimum absolute atomic E-state index is 0.170. The minimum Gasteiger partial charge on any atom is -0.493 e. The van der Waals surface area contributed by atoms with Gasteiger partial charge in [-0.3, -0.25) is 0 Å². The number of benzene rings is 1. The molecule has 0 heterocycles. The van der Waals surface area contributed by atoms with Crippen molar-refractivity contribution in [3.63, 3.8) is 0 Å². The molecular formula is C15H23ClO3S. The van der Waals surface area contributed by atoms with Crippen LogP contribution in [0.1, 0.15) is 43.4 Å². The lowest BCUT2D eigenvalue weighted by Gasteiger charge is -2.18. The Kier molecular flexibility index (Phi) is 5.90. The molecule has 5 heteroatoms. The molecule has 0 N–H and O–H groups in total. The Morgan fingerprint density at radius 2 is 1.85 bits per heavy atom. The Hall–Kier alpha value is -0.740. The molecule has 0 saturated carbocycles. The monoisotopic (exact) mass is 318 g/mol. The van der Waals surface area contributed by atoms with Crippen molar-refractivity contribution in [3.8, 4) is 5.75 Å². The van der Waals surface area contributed by atoms with Gasteiger partial charge in [-0.25, -0.2) is 8.42 Å². The van der Waals surface area contributed by atoms with Gasteiger partial charge in [0.15, 0.2) is 0 Å². The molecule has 0 aliphatic rings. The maximum atomic E-state index is 11.5. The first kappa shape index (κ1) is 17.3. The minimum atomic E-state index is -3.72. The van der Waals surface area contributed by atoms with Crippen molar-refractivity contribution in [1.29, 1.82) is 0 Å². The quantitative estimate of drug-likeness (QED) is 0.732. The topological polar surface area (TPSA) is 43.4 Å². The van der Waals surface area contributed by atoms with Crippen LogP contribution in [0.2, 0.25) is 0 Å². The molecule has 0 amide bonds. The summed E-state index contributed by atoms with van der Waals surface area (Å²) in [5.74, 6) is 1.25. The standard InChI is InChI=1S/C15H23ClO3S/c1-6-7-10(2)9-19-15-11(3)8-14(20(16,17)18)12(4)13(15)5/h8,10H,6-7,9H2,1-5H3. The van der Waals surface area contributed by atoms with Crippen LogP contribution in [0.4, 0.5) is 0 Å². The zero-order valence-electron chi connectivity index (χ0n) is 12.8. The highest BCUT2D eigenvalue weighted by Gasteiger charge is 2.19.